The molecule has 3 nitrogen and oxygen atoms in total. The van der Waals surface area contributed by atoms with Crippen LogP contribution in [0.15, 0.2) is 90.4 Å². The second-order valence-corrected chi connectivity index (χ2v) is 9.15. The third kappa shape index (κ3) is 7.48. The van der Waals surface area contributed by atoms with Gasteiger partial charge in [-0.25, -0.2) is 5.43 Å². The van der Waals surface area contributed by atoms with Gasteiger partial charge < -0.3 is 5.43 Å². The van der Waals surface area contributed by atoms with Crippen LogP contribution in [0.2, 0.25) is 0 Å². The van der Waals surface area contributed by atoms with E-state index in [0.29, 0.717) is 5.56 Å². The van der Waals surface area contributed by atoms with Crippen molar-refractivity contribution in [2.45, 2.75) is 38.0 Å². The fourth-order valence-corrected chi connectivity index (χ4v) is 3.46. The molecule has 3 rings (SSSR count). The molecule has 0 saturated heterocycles. The fourth-order valence-electron chi connectivity index (χ4n) is 3.27. The van der Waals surface area contributed by atoms with Crippen molar-refractivity contribution in [3.05, 3.63) is 102 Å². The molecule has 3 aromatic rings. The smallest absolute Gasteiger partial charge is 0.150 e. The molecule has 2 N–H and O–H groups in total. The molecule has 0 unspecified atom stereocenters. The van der Waals surface area contributed by atoms with Crippen molar-refractivity contribution in [1.82, 2.24) is 5.43 Å². The zero-order chi connectivity index (χ0) is 24.4. The number of carbonyl (C=O) groups excluding carboxylic acids is 1. The van der Waals surface area contributed by atoms with Crippen LogP contribution in [-0.4, -0.2) is 13.3 Å². The number of fused-ring (bicyclic) bond motifs is 1. The van der Waals surface area contributed by atoms with Crippen molar-refractivity contribution < 1.29 is 4.79 Å². The summed E-state index contributed by atoms with van der Waals surface area (Å²) in [6.45, 7) is 12.7. The van der Waals surface area contributed by atoms with E-state index in [1.165, 1.54) is 5.56 Å². The fraction of sp³-hybridized carbons (Fsp3) is 0.207. The molecule has 0 spiro atoms. The van der Waals surface area contributed by atoms with Gasteiger partial charge >= 0.3 is 0 Å². The first-order chi connectivity index (χ1) is 15.7. The lowest BCUT2D eigenvalue weighted by atomic mass is 9.87. The lowest BCUT2D eigenvalue weighted by Crippen LogP contribution is -2.17. The molecule has 33 heavy (non-hydrogen) atoms. The Bertz CT molecular complexity index is 1170. The molecule has 172 valence electrons. The number of anilines is 1. The number of carbonyl (C=O) groups is 1. The lowest BCUT2D eigenvalue weighted by Gasteiger charge is -2.20. The van der Waals surface area contributed by atoms with Crippen molar-refractivity contribution >= 4 is 40.9 Å². The highest BCUT2D eigenvalue weighted by molar-refractivity contribution is 7.80. The van der Waals surface area contributed by atoms with E-state index >= 15 is 0 Å². The van der Waals surface area contributed by atoms with Crippen LogP contribution in [0.4, 0.5) is 5.69 Å². The minimum absolute atomic E-state index is 0.172. The average Bonchev–Trinajstić information content (AvgIpc) is 2.79. The van der Waals surface area contributed by atoms with Crippen molar-refractivity contribution in [1.29, 1.82) is 0 Å². The monoisotopic (exact) mass is 458 g/mol. The number of aldehydes is 1. The zero-order valence-corrected chi connectivity index (χ0v) is 21.0. The van der Waals surface area contributed by atoms with Gasteiger partial charge in [0.05, 0.1) is 5.69 Å². The zero-order valence-electron chi connectivity index (χ0n) is 20.1. The number of thiol groups is 1. The number of rotatable bonds is 6. The highest BCUT2D eigenvalue weighted by Gasteiger charge is 2.14. The van der Waals surface area contributed by atoms with E-state index in [1.807, 2.05) is 80.7 Å². The summed E-state index contributed by atoms with van der Waals surface area (Å²) in [6, 6.07) is 18.0. The summed E-state index contributed by atoms with van der Waals surface area (Å²) in [6.07, 6.45) is 8.78. The van der Waals surface area contributed by atoms with Crippen LogP contribution in [0, 0.1) is 0 Å². The predicted octanol–water partition coefficient (Wildman–Crippen LogP) is 7.62. The third-order valence-electron chi connectivity index (χ3n) is 5.11. The first-order valence-electron chi connectivity index (χ1n) is 10.9. The van der Waals surface area contributed by atoms with E-state index in [2.05, 4.69) is 63.0 Å². The van der Waals surface area contributed by atoms with Crippen LogP contribution in [0.1, 0.15) is 49.2 Å². The van der Waals surface area contributed by atoms with Crippen molar-refractivity contribution in [3.8, 4) is 0 Å². The Balaban J connectivity index is 0.000000245. The molecule has 0 aliphatic carbocycles. The normalized spacial score (nSPS) is 11.5. The third-order valence-corrected chi connectivity index (χ3v) is 5.50. The summed E-state index contributed by atoms with van der Waals surface area (Å²) < 4.78 is 0. The van der Waals surface area contributed by atoms with Crippen molar-refractivity contribution in [2.24, 2.45) is 0 Å². The lowest BCUT2D eigenvalue weighted by molar-refractivity contribution is 0.112. The molecule has 0 bridgehead atoms. The summed E-state index contributed by atoms with van der Waals surface area (Å²) in [5, 5.41) is 2.17. The SMILES string of the molecule is C=C(/C=C\C=C/C)c1cccc2cc(C=O)ccc12.CNNc1cc(C(C)(C)C)ccc1S. The summed E-state index contributed by atoms with van der Waals surface area (Å²) in [5.41, 5.74) is 11.2. The molecule has 0 heterocycles. The number of hydrazine groups is 1. The number of nitrogens with one attached hydrogen (secondary N) is 2. The Kier molecular flexibility index (Phi) is 9.71. The number of benzene rings is 3. The largest absolute Gasteiger partial charge is 0.321 e. The summed E-state index contributed by atoms with van der Waals surface area (Å²) in [4.78, 5) is 11.8. The van der Waals surface area contributed by atoms with Gasteiger partial charge in [-0.15, -0.1) is 12.6 Å². The van der Waals surface area contributed by atoms with E-state index in [-0.39, 0.29) is 5.41 Å². The maximum Gasteiger partial charge on any atom is 0.150 e. The van der Waals surface area contributed by atoms with E-state index in [9.17, 15) is 4.79 Å². The van der Waals surface area contributed by atoms with Gasteiger partial charge in [0.1, 0.15) is 6.29 Å². The summed E-state index contributed by atoms with van der Waals surface area (Å²) >= 11 is 4.37. The van der Waals surface area contributed by atoms with Crippen LogP contribution < -0.4 is 10.9 Å². The molecular formula is C29H34N2OS. The minimum Gasteiger partial charge on any atom is -0.321 e. The van der Waals surface area contributed by atoms with Gasteiger partial charge in [-0.05, 0) is 58.0 Å². The van der Waals surface area contributed by atoms with E-state index in [1.54, 1.807) is 0 Å². The first kappa shape index (κ1) is 26.2. The summed E-state index contributed by atoms with van der Waals surface area (Å²) in [5.74, 6) is 0. The van der Waals surface area contributed by atoms with Crippen molar-refractivity contribution in [3.63, 3.8) is 0 Å². The maximum absolute atomic E-state index is 10.8. The minimum atomic E-state index is 0.172. The number of hydrogen-bond acceptors (Lipinski definition) is 4. The number of hydrogen-bond donors (Lipinski definition) is 3. The topological polar surface area (TPSA) is 41.1 Å². The quantitative estimate of drug-likeness (QED) is 0.154. The van der Waals surface area contributed by atoms with Crippen LogP contribution in [0.3, 0.4) is 0 Å². The second kappa shape index (κ2) is 12.2. The standard InChI is InChI=1S/C18H16O.C11H18N2S/c1-3-4-5-7-14(2)17-9-6-8-16-12-15(13-19)10-11-18(16)17;1-11(2,3)8-5-6-10(14)9(7-8)13-12-4/h3-13H,2H2,1H3;5-7,12-14H,1-4H3/b4-3-,7-5-;. The predicted molar refractivity (Wildman–Crippen MR) is 147 cm³/mol. The van der Waals surface area contributed by atoms with Gasteiger partial charge in [0.15, 0.2) is 0 Å². The molecule has 0 aliphatic rings. The van der Waals surface area contributed by atoms with E-state index in [0.717, 1.165) is 38.8 Å². The molecule has 0 radical (unpaired) electrons. The van der Waals surface area contributed by atoms with Gasteiger partial charge in [0.2, 0.25) is 0 Å². The van der Waals surface area contributed by atoms with E-state index in [4.69, 9.17) is 0 Å². The molecule has 4 heteroatoms. The van der Waals surface area contributed by atoms with Crippen molar-refractivity contribution in [2.75, 3.05) is 12.5 Å². The number of allylic oxidation sites excluding steroid dienone is 5. The second-order valence-electron chi connectivity index (χ2n) is 8.67. The molecule has 3 aromatic carbocycles. The Morgan fingerprint density at radius 1 is 1.03 bits per heavy atom. The van der Waals surface area contributed by atoms with Gasteiger partial charge in [-0.1, -0.05) is 88.1 Å². The molecular weight excluding hydrogens is 424 g/mol. The molecule has 0 aromatic heterocycles. The Morgan fingerprint density at radius 3 is 2.42 bits per heavy atom. The maximum atomic E-state index is 10.8. The van der Waals surface area contributed by atoms with Crippen LogP contribution in [0.5, 0.6) is 0 Å². The van der Waals surface area contributed by atoms with Crippen LogP contribution in [-0.2, 0) is 5.41 Å². The van der Waals surface area contributed by atoms with Gasteiger partial charge in [-0.3, -0.25) is 4.79 Å². The molecule has 0 amide bonds. The van der Waals surface area contributed by atoms with Crippen LogP contribution >= 0.6 is 12.6 Å². The average molecular weight is 459 g/mol. The summed E-state index contributed by atoms with van der Waals surface area (Å²) in [7, 11) is 1.84. The van der Waals surface area contributed by atoms with E-state index < -0.39 is 0 Å². The van der Waals surface area contributed by atoms with Gasteiger partial charge in [-0.2, -0.15) is 0 Å². The highest BCUT2D eigenvalue weighted by atomic mass is 32.1. The first-order valence-corrected chi connectivity index (χ1v) is 11.4. The van der Waals surface area contributed by atoms with Crippen LogP contribution in [0.25, 0.3) is 16.3 Å². The van der Waals surface area contributed by atoms with Gasteiger partial charge in [0, 0.05) is 17.5 Å². The Labute approximate surface area is 203 Å². The molecule has 0 aliphatic heterocycles. The Hall–Kier alpha value is -3.08. The Morgan fingerprint density at radius 2 is 1.79 bits per heavy atom. The molecule has 0 saturated carbocycles. The highest BCUT2D eigenvalue weighted by Crippen LogP contribution is 2.28. The molecule has 0 atom stereocenters. The molecule has 0 fully saturated rings. The van der Waals surface area contributed by atoms with Gasteiger partial charge in [0.25, 0.3) is 0 Å².